The number of aromatic carboxylic acids is 1. The normalized spacial score (nSPS) is 20.1. The molecule has 1 aliphatic rings. The molecule has 1 saturated heterocycles. The molecule has 2 rings (SSSR count). The van der Waals surface area contributed by atoms with Crippen LogP contribution < -0.4 is 4.72 Å². The molecule has 0 saturated carbocycles. The molecule has 110 valence electrons. The van der Waals surface area contributed by atoms with E-state index in [9.17, 15) is 13.2 Å². The van der Waals surface area contributed by atoms with Gasteiger partial charge in [0.05, 0.1) is 5.56 Å². The predicted octanol–water partition coefficient (Wildman–Crippen LogP) is 1.06. The average molecular weight is 298 g/mol. The third kappa shape index (κ3) is 3.56. The minimum absolute atomic E-state index is 0.160. The number of nitrogens with one attached hydrogen (secondary N) is 1. The van der Waals surface area contributed by atoms with Crippen molar-refractivity contribution >= 4 is 16.2 Å². The Labute approximate surface area is 118 Å². The molecule has 1 fully saturated rings. The molecule has 7 heteroatoms. The number of carboxylic acids is 1. The molecule has 1 heterocycles. The van der Waals surface area contributed by atoms with Crippen LogP contribution in [-0.4, -0.2) is 36.9 Å². The van der Waals surface area contributed by atoms with Gasteiger partial charge in [-0.2, -0.15) is 17.4 Å². The summed E-state index contributed by atoms with van der Waals surface area (Å²) in [7, 11) is -3.45. The van der Waals surface area contributed by atoms with Gasteiger partial charge in [-0.25, -0.2) is 4.79 Å². The van der Waals surface area contributed by atoms with Gasteiger partial charge in [-0.05, 0) is 30.0 Å². The summed E-state index contributed by atoms with van der Waals surface area (Å²) in [5.74, 6) is -0.607. The lowest BCUT2D eigenvalue weighted by Gasteiger charge is -2.16. The molecular weight excluding hydrogens is 280 g/mol. The van der Waals surface area contributed by atoms with E-state index < -0.39 is 16.2 Å². The number of hydrogen-bond acceptors (Lipinski definition) is 3. The zero-order valence-electron chi connectivity index (χ0n) is 11.2. The second kappa shape index (κ2) is 5.90. The van der Waals surface area contributed by atoms with Gasteiger partial charge in [0, 0.05) is 19.6 Å². The molecule has 0 bridgehead atoms. The maximum atomic E-state index is 12.0. The number of carboxylic acid groups (broad SMARTS) is 1. The van der Waals surface area contributed by atoms with Gasteiger partial charge in [-0.15, -0.1) is 0 Å². The van der Waals surface area contributed by atoms with Gasteiger partial charge >= 0.3 is 5.97 Å². The van der Waals surface area contributed by atoms with Crippen LogP contribution in [0.3, 0.4) is 0 Å². The van der Waals surface area contributed by atoms with Gasteiger partial charge < -0.3 is 5.11 Å². The number of rotatable bonds is 5. The topological polar surface area (TPSA) is 86.7 Å². The Balaban J connectivity index is 1.96. The fourth-order valence-electron chi connectivity index (χ4n) is 2.14. The Kier molecular flexibility index (Phi) is 4.42. The minimum atomic E-state index is -3.45. The summed E-state index contributed by atoms with van der Waals surface area (Å²) in [5.41, 5.74) is 0.913. The first kappa shape index (κ1) is 15.0. The second-order valence-electron chi connectivity index (χ2n) is 5.08. The third-order valence-electron chi connectivity index (χ3n) is 3.39. The molecule has 1 aromatic rings. The van der Waals surface area contributed by atoms with Crippen molar-refractivity contribution in [3.63, 3.8) is 0 Å². The summed E-state index contributed by atoms with van der Waals surface area (Å²) < 4.78 is 28.1. The SMILES string of the molecule is CC1CCN(S(=O)(=O)NCc2ccc(C(=O)O)cc2)C1. The van der Waals surface area contributed by atoms with Gasteiger partial charge in [0.15, 0.2) is 0 Å². The van der Waals surface area contributed by atoms with Crippen LogP contribution in [0.15, 0.2) is 24.3 Å². The van der Waals surface area contributed by atoms with Gasteiger partial charge in [0.1, 0.15) is 0 Å². The highest BCUT2D eigenvalue weighted by Crippen LogP contribution is 2.17. The lowest BCUT2D eigenvalue weighted by atomic mass is 10.1. The molecule has 0 radical (unpaired) electrons. The maximum Gasteiger partial charge on any atom is 0.335 e. The van der Waals surface area contributed by atoms with Crippen molar-refractivity contribution in [3.8, 4) is 0 Å². The molecule has 1 aromatic carbocycles. The van der Waals surface area contributed by atoms with Gasteiger partial charge in [0.25, 0.3) is 10.2 Å². The molecule has 20 heavy (non-hydrogen) atoms. The highest BCUT2D eigenvalue weighted by Gasteiger charge is 2.28. The first-order valence-electron chi connectivity index (χ1n) is 6.45. The van der Waals surface area contributed by atoms with E-state index in [0.717, 1.165) is 12.0 Å². The molecule has 1 atom stereocenters. The Morgan fingerprint density at radius 1 is 1.40 bits per heavy atom. The monoisotopic (exact) mass is 298 g/mol. The lowest BCUT2D eigenvalue weighted by molar-refractivity contribution is 0.0697. The van der Waals surface area contributed by atoms with E-state index >= 15 is 0 Å². The van der Waals surface area contributed by atoms with Crippen LogP contribution >= 0.6 is 0 Å². The van der Waals surface area contributed by atoms with Crippen molar-refractivity contribution in [2.75, 3.05) is 13.1 Å². The largest absolute Gasteiger partial charge is 0.478 e. The second-order valence-corrected chi connectivity index (χ2v) is 6.84. The van der Waals surface area contributed by atoms with Crippen LogP contribution in [0.4, 0.5) is 0 Å². The van der Waals surface area contributed by atoms with Gasteiger partial charge in [-0.1, -0.05) is 19.1 Å². The Morgan fingerprint density at radius 3 is 2.55 bits per heavy atom. The maximum absolute atomic E-state index is 12.0. The van der Waals surface area contributed by atoms with Crippen molar-refractivity contribution in [2.24, 2.45) is 5.92 Å². The van der Waals surface area contributed by atoms with Crippen molar-refractivity contribution < 1.29 is 18.3 Å². The zero-order chi connectivity index (χ0) is 14.8. The quantitative estimate of drug-likeness (QED) is 0.851. The van der Waals surface area contributed by atoms with Crippen LogP contribution in [-0.2, 0) is 16.8 Å². The van der Waals surface area contributed by atoms with Crippen molar-refractivity contribution in [2.45, 2.75) is 19.9 Å². The average Bonchev–Trinajstić information content (AvgIpc) is 2.84. The van der Waals surface area contributed by atoms with E-state index in [-0.39, 0.29) is 12.1 Å². The van der Waals surface area contributed by atoms with E-state index in [0.29, 0.717) is 19.0 Å². The molecule has 0 aliphatic carbocycles. The number of hydrogen-bond donors (Lipinski definition) is 2. The molecule has 0 amide bonds. The Bertz CT molecular complexity index is 583. The first-order valence-corrected chi connectivity index (χ1v) is 7.89. The summed E-state index contributed by atoms with van der Waals surface area (Å²) in [6.07, 6.45) is 0.883. The predicted molar refractivity (Wildman–Crippen MR) is 74.5 cm³/mol. The highest BCUT2D eigenvalue weighted by atomic mass is 32.2. The van der Waals surface area contributed by atoms with Crippen molar-refractivity contribution in [1.82, 2.24) is 9.03 Å². The zero-order valence-corrected chi connectivity index (χ0v) is 12.1. The lowest BCUT2D eigenvalue weighted by Crippen LogP contribution is -2.38. The van der Waals surface area contributed by atoms with Crippen molar-refractivity contribution in [1.29, 1.82) is 0 Å². The molecule has 2 N–H and O–H groups in total. The fraction of sp³-hybridized carbons (Fsp3) is 0.462. The number of benzene rings is 1. The molecule has 1 unspecified atom stereocenters. The van der Waals surface area contributed by atoms with E-state index in [4.69, 9.17) is 5.11 Å². The standard InChI is InChI=1S/C13H18N2O4S/c1-10-6-7-15(9-10)20(18,19)14-8-11-2-4-12(5-3-11)13(16)17/h2-5,10,14H,6-9H2,1H3,(H,16,17). The molecule has 0 spiro atoms. The van der Waals surface area contributed by atoms with Crippen LogP contribution in [0, 0.1) is 5.92 Å². The number of carbonyl (C=O) groups is 1. The number of nitrogens with zero attached hydrogens (tertiary/aromatic N) is 1. The molecule has 1 aliphatic heterocycles. The molecule has 6 nitrogen and oxygen atoms in total. The third-order valence-corrected chi connectivity index (χ3v) is 4.91. The van der Waals surface area contributed by atoms with Crippen LogP contribution in [0.1, 0.15) is 29.3 Å². The molecular formula is C13H18N2O4S. The Morgan fingerprint density at radius 2 is 2.05 bits per heavy atom. The van der Waals surface area contributed by atoms with E-state index in [1.165, 1.54) is 16.4 Å². The van der Waals surface area contributed by atoms with Crippen LogP contribution in [0.5, 0.6) is 0 Å². The molecule has 0 aromatic heterocycles. The van der Waals surface area contributed by atoms with Gasteiger partial charge in [-0.3, -0.25) is 0 Å². The summed E-state index contributed by atoms with van der Waals surface area (Å²) in [6.45, 7) is 3.29. The van der Waals surface area contributed by atoms with Crippen LogP contribution in [0.2, 0.25) is 0 Å². The van der Waals surface area contributed by atoms with Crippen molar-refractivity contribution in [3.05, 3.63) is 35.4 Å². The van der Waals surface area contributed by atoms with E-state index in [1.807, 2.05) is 6.92 Å². The Hall–Kier alpha value is -1.44. The van der Waals surface area contributed by atoms with Crippen LogP contribution in [0.25, 0.3) is 0 Å². The smallest absolute Gasteiger partial charge is 0.335 e. The van der Waals surface area contributed by atoms with E-state index in [2.05, 4.69) is 4.72 Å². The summed E-state index contributed by atoms with van der Waals surface area (Å²) in [5, 5.41) is 8.79. The summed E-state index contributed by atoms with van der Waals surface area (Å²) in [6, 6.07) is 6.14. The fourth-order valence-corrected chi connectivity index (χ4v) is 3.47. The highest BCUT2D eigenvalue weighted by molar-refractivity contribution is 7.87. The summed E-state index contributed by atoms with van der Waals surface area (Å²) >= 11 is 0. The minimum Gasteiger partial charge on any atom is -0.478 e. The summed E-state index contributed by atoms with van der Waals surface area (Å²) in [4.78, 5) is 10.7. The van der Waals surface area contributed by atoms with E-state index in [1.54, 1.807) is 12.1 Å². The first-order chi connectivity index (χ1) is 9.38. The van der Waals surface area contributed by atoms with Gasteiger partial charge in [0.2, 0.25) is 0 Å².